The van der Waals surface area contributed by atoms with E-state index in [1.54, 1.807) is 0 Å². The predicted molar refractivity (Wildman–Crippen MR) is 428 cm³/mol. The van der Waals surface area contributed by atoms with Crippen molar-refractivity contribution in [3.8, 4) is 73.3 Å². The van der Waals surface area contributed by atoms with E-state index in [9.17, 15) is 0 Å². The highest BCUT2D eigenvalue weighted by molar-refractivity contribution is 6.32. The lowest BCUT2D eigenvalue weighted by Gasteiger charge is -2.22. The molecule has 14 aromatic carbocycles. The monoisotopic (exact) mass is 1340 g/mol. The summed E-state index contributed by atoms with van der Waals surface area (Å²) >= 11 is 6.80. The fraction of sp³-hybridized carbons (Fsp3) is 0.0737. The number of rotatable bonds is 5. The summed E-state index contributed by atoms with van der Waals surface area (Å²) in [6, 6.07) is 113. The average Bonchev–Trinajstić information content (AvgIpc) is 1.57. The number of benzene rings is 14. The van der Waals surface area contributed by atoms with Gasteiger partial charge in [0, 0.05) is 76.8 Å². The van der Waals surface area contributed by atoms with Crippen LogP contribution in [0.3, 0.4) is 0 Å². The molecule has 0 unspecified atom stereocenters. The standard InChI is InChI=1S/C47H32N4.C31H22ClN3.C17H12/c1-47(2)38-21-11-8-20-35(38)44-45(47)49-46(51-40-23-13-10-19-34(40)37-26-29-14-6-7-15-30(29)28-42(37)51)43(48-44)31-24-25-41-36(27-31)33-18-9-12-22-39(33)50(41)32-16-4-3-5-17-32;1-31(2)24-14-8-6-13-22(24)28-29(31)34-30(32)27(33-28)19-16-17-26-23(18-19)21-12-7-9-15-25(21)35(26)20-10-4-3-5-11-20;1-2-6-13-11-17-15(9-12(13)5-1)10-14-7-3-4-8-16(14)17/h3-28H,1-2H3;3-18H,1-2H3;1-9,11H,10H2. The van der Waals surface area contributed by atoms with E-state index in [2.05, 4.69) is 351 Å². The second kappa shape index (κ2) is 23.3. The molecule has 0 fully saturated rings. The Hall–Kier alpha value is -12.6. The molecule has 488 valence electrons. The lowest BCUT2D eigenvalue weighted by Crippen LogP contribution is -2.18. The molecule has 0 radical (unpaired) electrons. The smallest absolute Gasteiger partial charge is 0.164 e. The minimum atomic E-state index is -0.301. The highest BCUT2D eigenvalue weighted by Gasteiger charge is 2.41. The number of aromatic nitrogens is 7. The van der Waals surface area contributed by atoms with Crippen LogP contribution in [0.1, 0.15) is 61.3 Å². The molecule has 19 aromatic rings. The molecule has 22 rings (SSSR count). The number of nitrogens with zero attached hydrogens (tertiary/aromatic N) is 7. The van der Waals surface area contributed by atoms with Gasteiger partial charge in [-0.1, -0.05) is 270 Å². The topological polar surface area (TPSA) is 66.3 Å². The number of hydrogen-bond acceptors (Lipinski definition) is 4. The molecule has 8 heteroatoms. The Bertz CT molecular complexity index is 6730. The summed E-state index contributed by atoms with van der Waals surface area (Å²) in [5.74, 6) is 0.849. The van der Waals surface area contributed by atoms with E-state index >= 15 is 0 Å². The first-order chi connectivity index (χ1) is 50.5. The Morgan fingerprint density at radius 3 is 1.25 bits per heavy atom. The number of halogens is 1. The fourth-order valence-electron chi connectivity index (χ4n) is 17.0. The third-order valence-electron chi connectivity index (χ3n) is 22.0. The maximum Gasteiger partial charge on any atom is 0.164 e. The lowest BCUT2D eigenvalue weighted by atomic mass is 9.85. The van der Waals surface area contributed by atoms with E-state index in [1.807, 2.05) is 6.07 Å². The van der Waals surface area contributed by atoms with Gasteiger partial charge in [-0.05, 0) is 146 Å². The van der Waals surface area contributed by atoms with Gasteiger partial charge in [0.05, 0.1) is 55.9 Å². The summed E-state index contributed by atoms with van der Waals surface area (Å²) in [6.07, 6.45) is 1.08. The number of fused-ring (bicyclic) bond motifs is 20. The molecular weight excluding hydrogens is 1270 g/mol. The van der Waals surface area contributed by atoms with E-state index in [-0.39, 0.29) is 10.8 Å². The quantitative estimate of drug-likeness (QED) is 0.172. The van der Waals surface area contributed by atoms with Gasteiger partial charge in [-0.3, -0.25) is 4.57 Å². The molecule has 0 saturated heterocycles. The third-order valence-corrected chi connectivity index (χ3v) is 22.2. The van der Waals surface area contributed by atoms with Crippen molar-refractivity contribution < 1.29 is 0 Å². The van der Waals surface area contributed by atoms with Gasteiger partial charge >= 0.3 is 0 Å². The van der Waals surface area contributed by atoms with E-state index in [4.69, 9.17) is 31.5 Å². The zero-order valence-electron chi connectivity index (χ0n) is 57.2. The summed E-state index contributed by atoms with van der Waals surface area (Å²) in [5, 5.41) is 12.7. The first-order valence-corrected chi connectivity index (χ1v) is 35.8. The van der Waals surface area contributed by atoms with Gasteiger partial charge in [0.1, 0.15) is 11.4 Å². The molecule has 0 bridgehead atoms. The fourth-order valence-corrected chi connectivity index (χ4v) is 17.2. The second-order valence-electron chi connectivity index (χ2n) is 28.6. The molecule has 7 nitrogen and oxygen atoms in total. The molecule has 0 aliphatic heterocycles. The van der Waals surface area contributed by atoms with Crippen LogP contribution in [0.5, 0.6) is 0 Å². The third kappa shape index (κ3) is 9.42. The Morgan fingerprint density at radius 1 is 0.282 bits per heavy atom. The van der Waals surface area contributed by atoms with Crippen LogP contribution < -0.4 is 0 Å². The van der Waals surface area contributed by atoms with Gasteiger partial charge in [-0.15, -0.1) is 0 Å². The van der Waals surface area contributed by atoms with Crippen molar-refractivity contribution in [3.05, 3.63) is 354 Å². The first-order valence-electron chi connectivity index (χ1n) is 35.4. The maximum atomic E-state index is 6.80. The average molecular weight is 1340 g/mol. The van der Waals surface area contributed by atoms with Crippen molar-refractivity contribution in [3.63, 3.8) is 0 Å². The molecular formula is C95H66ClN7. The van der Waals surface area contributed by atoms with Gasteiger partial charge in [0.15, 0.2) is 11.0 Å². The van der Waals surface area contributed by atoms with Crippen molar-refractivity contribution in [2.24, 2.45) is 0 Å². The zero-order valence-corrected chi connectivity index (χ0v) is 58.0. The summed E-state index contributed by atoms with van der Waals surface area (Å²) in [5.41, 5.74) is 26.7. The van der Waals surface area contributed by atoms with E-state index in [1.165, 1.54) is 98.3 Å². The van der Waals surface area contributed by atoms with Crippen LogP contribution in [0.15, 0.2) is 315 Å². The van der Waals surface area contributed by atoms with Gasteiger partial charge < -0.3 is 9.13 Å². The molecule has 103 heavy (non-hydrogen) atoms. The molecule has 0 saturated carbocycles. The van der Waals surface area contributed by atoms with Crippen molar-refractivity contribution in [2.75, 3.05) is 0 Å². The lowest BCUT2D eigenvalue weighted by molar-refractivity contribution is 0.633. The van der Waals surface area contributed by atoms with Crippen LogP contribution in [0, 0.1) is 0 Å². The molecule has 5 aromatic heterocycles. The van der Waals surface area contributed by atoms with E-state index in [0.717, 1.165) is 102 Å². The van der Waals surface area contributed by atoms with Crippen LogP contribution in [0.25, 0.3) is 160 Å². The number of hydrogen-bond donors (Lipinski definition) is 0. The molecule has 5 heterocycles. The first kappa shape index (κ1) is 60.4. The van der Waals surface area contributed by atoms with Crippen LogP contribution in [-0.2, 0) is 17.3 Å². The molecule has 0 amide bonds. The molecule has 0 N–H and O–H groups in total. The van der Waals surface area contributed by atoms with Crippen LogP contribution in [0.2, 0.25) is 5.15 Å². The Kier molecular flexibility index (Phi) is 13.6. The maximum absolute atomic E-state index is 6.80. The SMILES string of the molecule is CC1(C)c2ccccc2-c2nc(-c3ccc4c(c3)c3ccccc3n4-c3ccccc3)c(-n3c4ccccc4c4cc5ccccc5cc43)nc21.CC1(C)c2ccccc2-c2nc(-c3ccc4c(c3)c3ccccc3n4-c3ccccc3)c(Cl)nc21.c1ccc2c(c1)Cc1cc3ccccc3cc1-2. The highest BCUT2D eigenvalue weighted by atomic mass is 35.5. The van der Waals surface area contributed by atoms with Crippen LogP contribution in [-0.4, -0.2) is 33.6 Å². The zero-order chi connectivity index (χ0) is 68.8. The van der Waals surface area contributed by atoms with Gasteiger partial charge in [-0.25, -0.2) is 19.9 Å². The molecule has 3 aliphatic carbocycles. The summed E-state index contributed by atoms with van der Waals surface area (Å²) in [7, 11) is 0. The van der Waals surface area contributed by atoms with Crippen molar-refractivity contribution in [1.82, 2.24) is 33.6 Å². The van der Waals surface area contributed by atoms with E-state index < -0.39 is 0 Å². The normalized spacial score (nSPS) is 13.4. The Morgan fingerprint density at radius 2 is 0.689 bits per heavy atom. The minimum absolute atomic E-state index is 0.228. The summed E-state index contributed by atoms with van der Waals surface area (Å²) in [4.78, 5) is 21.4. The predicted octanol–water partition coefficient (Wildman–Crippen LogP) is 24.4. The molecule has 3 aliphatic rings. The Balaban J connectivity index is 0.000000117. The van der Waals surface area contributed by atoms with Crippen molar-refractivity contribution in [1.29, 1.82) is 0 Å². The van der Waals surface area contributed by atoms with E-state index in [0.29, 0.717) is 5.15 Å². The van der Waals surface area contributed by atoms with Crippen LogP contribution >= 0.6 is 11.6 Å². The minimum Gasteiger partial charge on any atom is -0.309 e. The Labute approximate surface area is 600 Å². The number of para-hydroxylation sites is 5. The van der Waals surface area contributed by atoms with Gasteiger partial charge in [-0.2, -0.15) is 0 Å². The molecule has 0 spiro atoms. The summed E-state index contributed by atoms with van der Waals surface area (Å²) < 4.78 is 7.03. The van der Waals surface area contributed by atoms with Crippen molar-refractivity contribution >= 4 is 98.6 Å². The summed E-state index contributed by atoms with van der Waals surface area (Å²) in [6.45, 7) is 8.93. The second-order valence-corrected chi connectivity index (χ2v) is 29.0. The highest BCUT2D eigenvalue weighted by Crippen LogP contribution is 2.51. The largest absolute Gasteiger partial charge is 0.309 e. The van der Waals surface area contributed by atoms with Gasteiger partial charge in [0.25, 0.3) is 0 Å². The molecule has 0 atom stereocenters. The van der Waals surface area contributed by atoms with Gasteiger partial charge in [0.2, 0.25) is 0 Å². The van der Waals surface area contributed by atoms with Crippen LogP contribution in [0.4, 0.5) is 0 Å². The van der Waals surface area contributed by atoms with Crippen molar-refractivity contribution in [2.45, 2.75) is 44.9 Å².